The Bertz CT molecular complexity index is 1050. The van der Waals surface area contributed by atoms with Crippen molar-refractivity contribution in [1.29, 1.82) is 0 Å². The standard InChI is InChI=1S/C23H25N3O4/c1-3-12-30-16-8-6-7-15(14-16)22-19-20(17-9-4-5-10-18(17)27)24-25-21(19)23(28)26(22)11-13-29-2/h4-10,14,22,27H,3,11-13H2,1-2H3,(H,24,25). The van der Waals surface area contributed by atoms with Crippen LogP contribution in [0.1, 0.15) is 41.0 Å². The lowest BCUT2D eigenvalue weighted by atomic mass is 9.95. The summed E-state index contributed by atoms with van der Waals surface area (Å²) in [6.07, 6.45) is 0.912. The van der Waals surface area contributed by atoms with Crippen LogP contribution in [0.2, 0.25) is 0 Å². The Morgan fingerprint density at radius 1 is 1.17 bits per heavy atom. The largest absolute Gasteiger partial charge is 0.507 e. The number of ether oxygens (including phenoxy) is 2. The summed E-state index contributed by atoms with van der Waals surface area (Å²) in [5.74, 6) is 0.740. The molecule has 0 saturated carbocycles. The van der Waals surface area contributed by atoms with Gasteiger partial charge in [-0.25, -0.2) is 0 Å². The summed E-state index contributed by atoms with van der Waals surface area (Å²) >= 11 is 0. The molecule has 1 aliphatic rings. The molecule has 3 aromatic rings. The fraction of sp³-hybridized carbons (Fsp3) is 0.304. The molecule has 0 aliphatic carbocycles. The zero-order valence-electron chi connectivity index (χ0n) is 17.1. The number of hydrogen-bond acceptors (Lipinski definition) is 5. The quantitative estimate of drug-likeness (QED) is 0.594. The zero-order valence-corrected chi connectivity index (χ0v) is 17.1. The van der Waals surface area contributed by atoms with Gasteiger partial charge in [-0.3, -0.25) is 9.89 Å². The van der Waals surface area contributed by atoms with E-state index < -0.39 is 0 Å². The van der Waals surface area contributed by atoms with Crippen LogP contribution in [-0.4, -0.2) is 53.0 Å². The number of aromatic hydroxyl groups is 1. The second-order valence-electron chi connectivity index (χ2n) is 7.19. The first-order valence-corrected chi connectivity index (χ1v) is 10.0. The van der Waals surface area contributed by atoms with E-state index in [1.54, 1.807) is 30.2 Å². The minimum atomic E-state index is -0.360. The number of H-pyrrole nitrogens is 1. The molecular formula is C23H25N3O4. The van der Waals surface area contributed by atoms with Crippen LogP contribution < -0.4 is 4.74 Å². The molecule has 0 radical (unpaired) electrons. The van der Waals surface area contributed by atoms with Crippen molar-refractivity contribution in [3.05, 3.63) is 65.4 Å². The number of aromatic nitrogens is 2. The first-order chi connectivity index (χ1) is 14.7. The second-order valence-corrected chi connectivity index (χ2v) is 7.19. The molecule has 1 amide bonds. The first kappa shape index (κ1) is 20.0. The van der Waals surface area contributed by atoms with Gasteiger partial charge in [0, 0.05) is 24.8 Å². The Morgan fingerprint density at radius 2 is 2.00 bits per heavy atom. The molecule has 156 valence electrons. The highest BCUT2D eigenvalue weighted by Crippen LogP contribution is 2.44. The predicted molar refractivity (Wildman–Crippen MR) is 113 cm³/mol. The summed E-state index contributed by atoms with van der Waals surface area (Å²) in [4.78, 5) is 15.0. The Balaban J connectivity index is 1.83. The van der Waals surface area contributed by atoms with Crippen LogP contribution in [0.15, 0.2) is 48.5 Å². The van der Waals surface area contributed by atoms with Gasteiger partial charge in [0.05, 0.1) is 19.3 Å². The Kier molecular flexibility index (Phi) is 5.72. The molecule has 0 fully saturated rings. The highest BCUT2D eigenvalue weighted by atomic mass is 16.5. The summed E-state index contributed by atoms with van der Waals surface area (Å²) in [5, 5.41) is 17.7. The van der Waals surface area contributed by atoms with E-state index in [4.69, 9.17) is 9.47 Å². The SMILES string of the molecule is CCCOc1cccc(C2c3c(-c4ccccc4O)n[nH]c3C(=O)N2CCOC)c1. The fourth-order valence-corrected chi connectivity index (χ4v) is 3.84. The van der Waals surface area contributed by atoms with Crippen molar-refractivity contribution in [3.63, 3.8) is 0 Å². The van der Waals surface area contributed by atoms with Gasteiger partial charge in [-0.05, 0) is 36.2 Å². The lowest BCUT2D eigenvalue weighted by molar-refractivity contribution is 0.0677. The zero-order chi connectivity index (χ0) is 21.1. The van der Waals surface area contributed by atoms with Crippen LogP contribution in [-0.2, 0) is 4.74 Å². The van der Waals surface area contributed by atoms with Gasteiger partial charge in [-0.1, -0.05) is 31.2 Å². The van der Waals surface area contributed by atoms with Crippen molar-refractivity contribution in [2.45, 2.75) is 19.4 Å². The van der Waals surface area contributed by atoms with Gasteiger partial charge in [0.1, 0.15) is 22.9 Å². The molecule has 2 aromatic carbocycles. The number of carbonyl (C=O) groups is 1. The van der Waals surface area contributed by atoms with Gasteiger partial charge < -0.3 is 19.5 Å². The van der Waals surface area contributed by atoms with E-state index in [2.05, 4.69) is 17.1 Å². The maximum absolute atomic E-state index is 13.2. The normalized spacial score (nSPS) is 15.5. The van der Waals surface area contributed by atoms with E-state index in [9.17, 15) is 9.90 Å². The third kappa shape index (κ3) is 3.52. The van der Waals surface area contributed by atoms with E-state index >= 15 is 0 Å². The number of methoxy groups -OCH3 is 1. The van der Waals surface area contributed by atoms with Crippen LogP contribution in [0.4, 0.5) is 0 Å². The van der Waals surface area contributed by atoms with Gasteiger partial charge in [-0.2, -0.15) is 5.10 Å². The van der Waals surface area contributed by atoms with E-state index in [0.29, 0.717) is 36.7 Å². The highest BCUT2D eigenvalue weighted by molar-refractivity contribution is 6.00. The van der Waals surface area contributed by atoms with Crippen LogP contribution in [0, 0.1) is 0 Å². The lowest BCUT2D eigenvalue weighted by Gasteiger charge is -2.26. The number of nitrogens with zero attached hydrogens (tertiary/aromatic N) is 2. The number of para-hydroxylation sites is 1. The highest BCUT2D eigenvalue weighted by Gasteiger charge is 2.42. The number of amides is 1. The van der Waals surface area contributed by atoms with Crippen molar-refractivity contribution in [2.24, 2.45) is 0 Å². The maximum atomic E-state index is 13.2. The Labute approximate surface area is 175 Å². The summed E-state index contributed by atoms with van der Waals surface area (Å²) in [5.41, 5.74) is 3.27. The van der Waals surface area contributed by atoms with Gasteiger partial charge in [0.25, 0.3) is 5.91 Å². The summed E-state index contributed by atoms with van der Waals surface area (Å²) in [6, 6.07) is 14.4. The van der Waals surface area contributed by atoms with Crippen molar-refractivity contribution >= 4 is 5.91 Å². The molecule has 1 aliphatic heterocycles. The third-order valence-electron chi connectivity index (χ3n) is 5.21. The fourth-order valence-electron chi connectivity index (χ4n) is 3.84. The van der Waals surface area contributed by atoms with Crippen molar-refractivity contribution in [2.75, 3.05) is 26.9 Å². The minimum absolute atomic E-state index is 0.119. The molecule has 0 spiro atoms. The first-order valence-electron chi connectivity index (χ1n) is 10.0. The molecular weight excluding hydrogens is 382 g/mol. The molecule has 4 rings (SSSR count). The average Bonchev–Trinajstić information content (AvgIpc) is 3.30. The van der Waals surface area contributed by atoms with Crippen molar-refractivity contribution < 1.29 is 19.4 Å². The van der Waals surface area contributed by atoms with Crippen LogP contribution in [0.3, 0.4) is 0 Å². The molecule has 2 N–H and O–H groups in total. The number of rotatable bonds is 8. The molecule has 7 heteroatoms. The third-order valence-corrected chi connectivity index (χ3v) is 5.21. The maximum Gasteiger partial charge on any atom is 0.273 e. The molecule has 0 saturated heterocycles. The van der Waals surface area contributed by atoms with Gasteiger partial charge in [0.15, 0.2) is 0 Å². The van der Waals surface area contributed by atoms with Crippen molar-refractivity contribution in [3.8, 4) is 22.8 Å². The molecule has 7 nitrogen and oxygen atoms in total. The monoisotopic (exact) mass is 407 g/mol. The summed E-state index contributed by atoms with van der Waals surface area (Å²) in [7, 11) is 1.61. The van der Waals surface area contributed by atoms with Crippen LogP contribution in [0.25, 0.3) is 11.3 Å². The van der Waals surface area contributed by atoms with Crippen molar-refractivity contribution in [1.82, 2.24) is 15.1 Å². The number of phenolic OH excluding ortho intramolecular Hbond substituents is 1. The Morgan fingerprint density at radius 3 is 2.77 bits per heavy atom. The van der Waals surface area contributed by atoms with Crippen LogP contribution >= 0.6 is 0 Å². The molecule has 30 heavy (non-hydrogen) atoms. The molecule has 1 atom stereocenters. The molecule has 1 aromatic heterocycles. The van der Waals surface area contributed by atoms with Gasteiger partial charge >= 0.3 is 0 Å². The average molecular weight is 407 g/mol. The number of benzene rings is 2. The number of carbonyl (C=O) groups excluding carboxylic acids is 1. The number of aromatic amines is 1. The topological polar surface area (TPSA) is 87.7 Å². The van der Waals surface area contributed by atoms with Gasteiger partial charge in [0.2, 0.25) is 0 Å². The lowest BCUT2D eigenvalue weighted by Crippen LogP contribution is -2.32. The molecule has 0 bridgehead atoms. The number of hydrogen-bond donors (Lipinski definition) is 2. The Hall–Kier alpha value is -3.32. The summed E-state index contributed by atoms with van der Waals surface area (Å²) < 4.78 is 11.0. The van der Waals surface area contributed by atoms with E-state index in [1.807, 2.05) is 30.3 Å². The molecule has 2 heterocycles. The van der Waals surface area contributed by atoms with Gasteiger partial charge in [-0.15, -0.1) is 0 Å². The smallest absolute Gasteiger partial charge is 0.273 e. The molecule has 1 unspecified atom stereocenters. The minimum Gasteiger partial charge on any atom is -0.507 e. The number of nitrogens with one attached hydrogen (secondary N) is 1. The van der Waals surface area contributed by atoms with Crippen LogP contribution in [0.5, 0.6) is 11.5 Å². The summed E-state index contributed by atoms with van der Waals surface area (Å²) in [6.45, 7) is 3.53. The van der Waals surface area contributed by atoms with E-state index in [1.165, 1.54) is 0 Å². The number of fused-ring (bicyclic) bond motifs is 1. The van der Waals surface area contributed by atoms with E-state index in [-0.39, 0.29) is 17.7 Å². The second kappa shape index (κ2) is 8.59. The predicted octanol–water partition coefficient (Wildman–Crippen LogP) is 3.76. The van der Waals surface area contributed by atoms with E-state index in [0.717, 1.165) is 23.3 Å². The number of phenols is 1.